The fourth-order valence-electron chi connectivity index (χ4n) is 3.83. The van der Waals surface area contributed by atoms with Crippen molar-refractivity contribution in [3.63, 3.8) is 0 Å². The van der Waals surface area contributed by atoms with Gasteiger partial charge in [-0.25, -0.2) is 0 Å². The van der Waals surface area contributed by atoms with Crippen LogP contribution >= 0.6 is 0 Å². The van der Waals surface area contributed by atoms with Gasteiger partial charge < -0.3 is 9.84 Å². The van der Waals surface area contributed by atoms with Gasteiger partial charge in [-0.2, -0.15) is 8.42 Å². The maximum atomic E-state index is 11.8. The molecule has 2 rings (SSSR count). The van der Waals surface area contributed by atoms with Gasteiger partial charge in [-0.3, -0.25) is 4.55 Å². The molecule has 33 heavy (non-hydrogen) atoms. The summed E-state index contributed by atoms with van der Waals surface area (Å²) >= 11 is 0. The minimum absolute atomic E-state index is 0. The fraction of sp³-hybridized carbons (Fsp3) is 0.538. The van der Waals surface area contributed by atoms with E-state index in [4.69, 9.17) is 4.74 Å². The third-order valence-corrected chi connectivity index (χ3v) is 6.51. The molecule has 0 amide bonds. The largest absolute Gasteiger partial charge is 1.00 e. The van der Waals surface area contributed by atoms with Crippen molar-refractivity contribution in [2.75, 3.05) is 0 Å². The monoisotopic (exact) mass is 484 g/mol. The van der Waals surface area contributed by atoms with E-state index in [-0.39, 0.29) is 40.2 Å². The number of ether oxygens (including phenoxy) is 1. The van der Waals surface area contributed by atoms with Crippen molar-refractivity contribution in [3.8, 4) is 17.2 Å². The van der Waals surface area contributed by atoms with Crippen LogP contribution in [0.15, 0.2) is 47.4 Å². The first-order chi connectivity index (χ1) is 15.4. The van der Waals surface area contributed by atoms with Gasteiger partial charge in [-0.1, -0.05) is 95.8 Å². The van der Waals surface area contributed by atoms with Crippen LogP contribution in [0.25, 0.3) is 0 Å². The normalized spacial score (nSPS) is 11.2. The number of aryl methyl sites for hydroxylation is 1. The van der Waals surface area contributed by atoms with Crippen LogP contribution in [0.5, 0.6) is 17.2 Å². The Hall–Kier alpha value is -1.05. The summed E-state index contributed by atoms with van der Waals surface area (Å²) in [4.78, 5) is -0.224. The smallest absolute Gasteiger partial charge is 0.872 e. The summed E-state index contributed by atoms with van der Waals surface area (Å²) in [6, 6.07) is 10.3. The Morgan fingerprint density at radius 1 is 0.818 bits per heavy atom. The van der Waals surface area contributed by atoms with Crippen molar-refractivity contribution in [1.29, 1.82) is 0 Å². The second kappa shape index (κ2) is 16.6. The molecule has 0 aliphatic rings. The zero-order chi connectivity index (χ0) is 23.2. The van der Waals surface area contributed by atoms with Crippen LogP contribution in [0.1, 0.15) is 89.5 Å². The Bertz CT molecular complexity index is 915. The number of hydrogen-bond donors (Lipinski definition) is 1. The number of unbranched alkanes of at least 4 members (excludes halogenated alkanes) is 11. The van der Waals surface area contributed by atoms with E-state index in [9.17, 15) is 18.1 Å². The zero-order valence-electron chi connectivity index (χ0n) is 20.2. The SMILES string of the molecule is CCCCCCCCCCCCCCc1cc([O-])ccc1Oc1cccc(S(=O)(=O)O)c1.[Na+]. The Balaban J connectivity index is 0.00000544. The van der Waals surface area contributed by atoms with Crippen molar-refractivity contribution in [3.05, 3.63) is 48.0 Å². The first-order valence-corrected chi connectivity index (χ1v) is 13.4. The molecule has 0 aromatic heterocycles. The Kier molecular flexibility index (Phi) is 15.0. The van der Waals surface area contributed by atoms with E-state index in [0.717, 1.165) is 24.8 Å². The average Bonchev–Trinajstić information content (AvgIpc) is 2.76. The molecule has 0 saturated heterocycles. The van der Waals surface area contributed by atoms with E-state index in [1.54, 1.807) is 18.2 Å². The first kappa shape index (κ1) is 30.0. The standard InChI is InChI=1S/C26H38O5S.Na/c1-2-3-4-5-6-7-8-9-10-11-12-13-15-22-20-23(27)18-19-26(22)31-24-16-14-17-25(21-24)32(28,29)30;/h14,16-21,27H,2-13,15H2,1H3,(H,28,29,30);/q;+1/p-1. The molecule has 0 bridgehead atoms. The fourth-order valence-corrected chi connectivity index (χ4v) is 4.35. The quantitative estimate of drug-likeness (QED) is 0.221. The predicted molar refractivity (Wildman–Crippen MR) is 127 cm³/mol. The molecular formula is C26H37NaO5S. The zero-order valence-corrected chi connectivity index (χ0v) is 23.0. The summed E-state index contributed by atoms with van der Waals surface area (Å²) in [5.41, 5.74) is 0.821. The summed E-state index contributed by atoms with van der Waals surface area (Å²) < 4.78 is 37.8. The maximum absolute atomic E-state index is 11.8. The Morgan fingerprint density at radius 2 is 1.39 bits per heavy atom. The maximum Gasteiger partial charge on any atom is 1.00 e. The molecule has 178 valence electrons. The van der Waals surface area contributed by atoms with Gasteiger partial charge in [0, 0.05) is 6.07 Å². The van der Waals surface area contributed by atoms with E-state index < -0.39 is 10.1 Å². The molecule has 2 aromatic rings. The molecule has 0 spiro atoms. The summed E-state index contributed by atoms with van der Waals surface area (Å²) in [7, 11) is -4.30. The predicted octanol–water partition coefficient (Wildman–Crippen LogP) is 4.05. The van der Waals surface area contributed by atoms with Gasteiger partial charge in [0.25, 0.3) is 10.1 Å². The van der Waals surface area contributed by atoms with Crippen LogP contribution in [-0.2, 0) is 16.5 Å². The van der Waals surface area contributed by atoms with Crippen molar-refractivity contribution >= 4 is 10.1 Å². The van der Waals surface area contributed by atoms with Crippen LogP contribution in [0.2, 0.25) is 0 Å². The molecule has 7 heteroatoms. The van der Waals surface area contributed by atoms with Crippen molar-refractivity contribution < 1.29 is 52.4 Å². The van der Waals surface area contributed by atoms with Crippen molar-refractivity contribution in [2.24, 2.45) is 0 Å². The summed E-state index contributed by atoms with van der Waals surface area (Å²) in [6.07, 6.45) is 16.0. The minimum Gasteiger partial charge on any atom is -0.872 e. The Morgan fingerprint density at radius 3 is 1.97 bits per heavy atom. The van der Waals surface area contributed by atoms with Crippen molar-refractivity contribution in [2.45, 2.75) is 95.3 Å². The summed E-state index contributed by atoms with van der Waals surface area (Å²) in [5.74, 6) is 0.771. The van der Waals surface area contributed by atoms with Gasteiger partial charge in [-0.05, 0) is 36.6 Å². The van der Waals surface area contributed by atoms with Gasteiger partial charge in [0.1, 0.15) is 11.5 Å². The van der Waals surface area contributed by atoms with Gasteiger partial charge in [0.05, 0.1) is 4.90 Å². The number of hydrogen-bond acceptors (Lipinski definition) is 4. The molecule has 0 heterocycles. The molecule has 0 unspecified atom stereocenters. The number of rotatable bonds is 16. The van der Waals surface area contributed by atoms with E-state index in [0.29, 0.717) is 11.5 Å². The minimum atomic E-state index is -4.30. The summed E-state index contributed by atoms with van der Waals surface area (Å²) in [6.45, 7) is 2.25. The molecule has 1 N–H and O–H groups in total. The first-order valence-electron chi connectivity index (χ1n) is 12.0. The molecule has 0 fully saturated rings. The van der Waals surface area contributed by atoms with E-state index in [1.165, 1.54) is 88.5 Å². The van der Waals surface area contributed by atoms with E-state index >= 15 is 0 Å². The van der Waals surface area contributed by atoms with Crippen LogP contribution in [0, 0.1) is 0 Å². The molecule has 0 atom stereocenters. The van der Waals surface area contributed by atoms with Gasteiger partial charge >= 0.3 is 29.6 Å². The second-order valence-corrected chi connectivity index (χ2v) is 9.88. The molecule has 0 saturated carbocycles. The third kappa shape index (κ3) is 12.3. The molecule has 0 radical (unpaired) electrons. The van der Waals surface area contributed by atoms with Crippen LogP contribution in [-0.4, -0.2) is 13.0 Å². The van der Waals surface area contributed by atoms with E-state index in [1.807, 2.05) is 0 Å². The average molecular weight is 485 g/mol. The molecule has 0 aliphatic carbocycles. The van der Waals surface area contributed by atoms with Gasteiger partial charge in [0.2, 0.25) is 0 Å². The molecule has 5 nitrogen and oxygen atoms in total. The van der Waals surface area contributed by atoms with Crippen LogP contribution in [0.4, 0.5) is 0 Å². The van der Waals surface area contributed by atoms with Crippen LogP contribution < -0.4 is 39.4 Å². The van der Waals surface area contributed by atoms with Crippen molar-refractivity contribution in [1.82, 2.24) is 0 Å². The second-order valence-electron chi connectivity index (χ2n) is 8.46. The molecule has 0 aliphatic heterocycles. The van der Waals surface area contributed by atoms with Crippen LogP contribution in [0.3, 0.4) is 0 Å². The molecular weight excluding hydrogens is 447 g/mol. The molecule has 2 aromatic carbocycles. The van der Waals surface area contributed by atoms with Gasteiger partial charge in [-0.15, -0.1) is 5.75 Å². The third-order valence-electron chi connectivity index (χ3n) is 5.66. The van der Waals surface area contributed by atoms with Gasteiger partial charge in [0.15, 0.2) is 0 Å². The van der Waals surface area contributed by atoms with E-state index in [2.05, 4.69) is 6.92 Å². The Labute approximate surface area is 222 Å². The summed E-state index contributed by atoms with van der Waals surface area (Å²) in [5, 5.41) is 11.8. The topological polar surface area (TPSA) is 86.7 Å². The number of benzene rings is 2.